The van der Waals surface area contributed by atoms with E-state index in [1.165, 1.54) is 5.56 Å². The molecule has 0 saturated heterocycles. The first-order valence-corrected chi connectivity index (χ1v) is 8.20. The number of hydrogen-bond acceptors (Lipinski definition) is 3. The summed E-state index contributed by atoms with van der Waals surface area (Å²) in [5.74, 6) is 0. The fraction of sp³-hybridized carbons (Fsp3) is 0.263. The third-order valence-corrected chi connectivity index (χ3v) is 3.96. The Morgan fingerprint density at radius 1 is 1.17 bits per heavy atom. The largest absolute Gasteiger partial charge is 0.396 e. The van der Waals surface area contributed by atoms with Crippen LogP contribution >= 0.6 is 0 Å². The Kier molecular flexibility index (Phi) is 5.11. The quantitative estimate of drug-likeness (QED) is 0.412. The number of aromatic nitrogens is 2. The molecule has 3 rings (SSSR count). The fourth-order valence-corrected chi connectivity index (χ4v) is 2.61. The average Bonchev–Trinajstić information content (AvgIpc) is 2.94. The van der Waals surface area contributed by atoms with Gasteiger partial charge >= 0.3 is 5.69 Å². The van der Waals surface area contributed by atoms with Crippen molar-refractivity contribution in [3.63, 3.8) is 0 Å². The maximum absolute atomic E-state index is 11.9. The van der Waals surface area contributed by atoms with E-state index < -0.39 is 0 Å². The lowest BCUT2D eigenvalue weighted by molar-refractivity contribution is 0.140. The molecule has 0 bridgehead atoms. The molecule has 0 radical (unpaired) electrons. The Morgan fingerprint density at radius 2 is 1.96 bits per heavy atom. The van der Waals surface area contributed by atoms with Crippen molar-refractivity contribution in [3.05, 3.63) is 70.1 Å². The highest BCUT2D eigenvalue weighted by atomic mass is 16.6. The molecule has 0 spiro atoms. The zero-order valence-corrected chi connectivity index (χ0v) is 13.7. The van der Waals surface area contributed by atoms with Crippen molar-refractivity contribution in [1.82, 2.24) is 9.55 Å². The number of rotatable bonds is 7. The van der Waals surface area contributed by atoms with Crippen molar-refractivity contribution in [2.75, 3.05) is 6.61 Å². The lowest BCUT2D eigenvalue weighted by Gasteiger charge is -2.02. The molecule has 124 valence electrons. The molecule has 0 aliphatic heterocycles. The van der Waals surface area contributed by atoms with E-state index in [-0.39, 0.29) is 5.69 Å². The van der Waals surface area contributed by atoms with Crippen LogP contribution in [0.15, 0.2) is 58.5 Å². The third kappa shape index (κ3) is 3.74. The number of aryl methyl sites for hydroxylation is 2. The van der Waals surface area contributed by atoms with Gasteiger partial charge in [-0.2, -0.15) is 0 Å². The number of benzene rings is 2. The molecule has 0 saturated carbocycles. The van der Waals surface area contributed by atoms with E-state index in [2.05, 4.69) is 29.2 Å². The SMILES string of the molecule is CCc1ccc(/C=N\OCCCn2c(=O)[nH]c3ccccc32)cc1. The monoisotopic (exact) mass is 323 g/mol. The van der Waals surface area contributed by atoms with E-state index in [0.29, 0.717) is 19.6 Å². The third-order valence-electron chi connectivity index (χ3n) is 3.96. The summed E-state index contributed by atoms with van der Waals surface area (Å²) in [5.41, 5.74) is 4.01. The number of fused-ring (bicyclic) bond motifs is 1. The zero-order chi connectivity index (χ0) is 16.8. The van der Waals surface area contributed by atoms with Crippen LogP contribution in [0.2, 0.25) is 0 Å². The maximum Gasteiger partial charge on any atom is 0.326 e. The van der Waals surface area contributed by atoms with Crippen LogP contribution in [0.3, 0.4) is 0 Å². The molecule has 5 heteroatoms. The number of nitrogens with zero attached hydrogens (tertiary/aromatic N) is 2. The molecule has 0 atom stereocenters. The van der Waals surface area contributed by atoms with Gasteiger partial charge in [-0.25, -0.2) is 4.79 Å². The Bertz CT molecular complexity index is 876. The van der Waals surface area contributed by atoms with Gasteiger partial charge in [-0.15, -0.1) is 0 Å². The summed E-state index contributed by atoms with van der Waals surface area (Å²) < 4.78 is 1.73. The van der Waals surface area contributed by atoms with E-state index in [4.69, 9.17) is 4.84 Å². The lowest BCUT2D eigenvalue weighted by Crippen LogP contribution is -2.17. The molecule has 0 fully saturated rings. The molecule has 0 unspecified atom stereocenters. The number of H-pyrrole nitrogens is 1. The van der Waals surface area contributed by atoms with Gasteiger partial charge in [0.25, 0.3) is 0 Å². The molecule has 24 heavy (non-hydrogen) atoms. The number of oxime groups is 1. The van der Waals surface area contributed by atoms with Crippen molar-refractivity contribution >= 4 is 17.2 Å². The first-order chi connectivity index (χ1) is 11.8. The van der Waals surface area contributed by atoms with Crippen LogP contribution in [-0.4, -0.2) is 22.4 Å². The Hall–Kier alpha value is -2.82. The van der Waals surface area contributed by atoms with Gasteiger partial charge in [0.15, 0.2) is 0 Å². The minimum absolute atomic E-state index is 0.0873. The number of hydrogen-bond donors (Lipinski definition) is 1. The summed E-state index contributed by atoms with van der Waals surface area (Å²) >= 11 is 0. The summed E-state index contributed by atoms with van der Waals surface area (Å²) in [7, 11) is 0. The van der Waals surface area contributed by atoms with Gasteiger partial charge in [-0.3, -0.25) is 4.57 Å². The second-order valence-corrected chi connectivity index (χ2v) is 5.62. The van der Waals surface area contributed by atoms with Crippen molar-refractivity contribution < 1.29 is 4.84 Å². The van der Waals surface area contributed by atoms with Crippen LogP contribution in [0.4, 0.5) is 0 Å². The van der Waals surface area contributed by atoms with E-state index >= 15 is 0 Å². The van der Waals surface area contributed by atoms with Crippen LogP contribution in [0.1, 0.15) is 24.5 Å². The van der Waals surface area contributed by atoms with Gasteiger partial charge < -0.3 is 9.82 Å². The molecule has 2 aromatic carbocycles. The van der Waals surface area contributed by atoms with Crippen LogP contribution in [0.25, 0.3) is 11.0 Å². The number of nitrogens with one attached hydrogen (secondary N) is 1. The van der Waals surface area contributed by atoms with Crippen molar-refractivity contribution in [1.29, 1.82) is 0 Å². The van der Waals surface area contributed by atoms with Crippen LogP contribution < -0.4 is 5.69 Å². The summed E-state index contributed by atoms with van der Waals surface area (Å²) in [5, 5.41) is 3.98. The highest BCUT2D eigenvalue weighted by Gasteiger charge is 2.04. The fourth-order valence-electron chi connectivity index (χ4n) is 2.61. The van der Waals surface area contributed by atoms with E-state index in [9.17, 15) is 4.79 Å². The predicted molar refractivity (Wildman–Crippen MR) is 96.5 cm³/mol. The normalized spacial score (nSPS) is 11.4. The van der Waals surface area contributed by atoms with Gasteiger partial charge in [-0.05, 0) is 29.7 Å². The molecule has 0 aliphatic carbocycles. The van der Waals surface area contributed by atoms with Gasteiger partial charge in [0.2, 0.25) is 0 Å². The molecular weight excluding hydrogens is 302 g/mol. The van der Waals surface area contributed by atoms with Crippen molar-refractivity contribution in [2.45, 2.75) is 26.3 Å². The second kappa shape index (κ2) is 7.64. The first-order valence-electron chi connectivity index (χ1n) is 8.20. The highest BCUT2D eigenvalue weighted by molar-refractivity contribution is 5.79. The Balaban J connectivity index is 1.49. The minimum Gasteiger partial charge on any atom is -0.396 e. The van der Waals surface area contributed by atoms with Gasteiger partial charge in [0.05, 0.1) is 17.2 Å². The smallest absolute Gasteiger partial charge is 0.326 e. The van der Waals surface area contributed by atoms with Crippen LogP contribution in [0.5, 0.6) is 0 Å². The predicted octanol–water partition coefficient (Wildman–Crippen LogP) is 3.33. The number of para-hydroxylation sites is 2. The summed E-state index contributed by atoms with van der Waals surface area (Å²) in [4.78, 5) is 20.1. The van der Waals surface area contributed by atoms with Gasteiger partial charge in [0, 0.05) is 13.0 Å². The number of imidazole rings is 1. The summed E-state index contributed by atoms with van der Waals surface area (Å²) in [6.07, 6.45) is 3.45. The standard InChI is InChI=1S/C19H21N3O2/c1-2-15-8-10-16(11-9-15)14-20-24-13-5-12-22-18-7-4-3-6-17(18)21-19(22)23/h3-4,6-11,14H,2,5,12-13H2,1H3,(H,21,23)/b20-14-. The minimum atomic E-state index is -0.0873. The lowest BCUT2D eigenvalue weighted by atomic mass is 10.1. The van der Waals surface area contributed by atoms with Gasteiger partial charge in [-0.1, -0.05) is 48.5 Å². The topological polar surface area (TPSA) is 59.4 Å². The molecule has 1 aromatic heterocycles. The molecule has 3 aromatic rings. The van der Waals surface area contributed by atoms with Crippen molar-refractivity contribution in [3.8, 4) is 0 Å². The Labute approximate surface area is 140 Å². The zero-order valence-electron chi connectivity index (χ0n) is 13.7. The van der Waals surface area contributed by atoms with Crippen LogP contribution in [0, 0.1) is 0 Å². The number of aromatic amines is 1. The van der Waals surface area contributed by atoms with Crippen LogP contribution in [-0.2, 0) is 17.8 Å². The summed E-state index contributed by atoms with van der Waals surface area (Å²) in [6, 6.07) is 15.9. The first kappa shape index (κ1) is 16.1. The van der Waals surface area contributed by atoms with E-state index in [1.54, 1.807) is 10.8 Å². The molecule has 0 amide bonds. The summed E-state index contributed by atoms with van der Waals surface area (Å²) in [6.45, 7) is 3.20. The molecule has 1 N–H and O–H groups in total. The van der Waals surface area contributed by atoms with Gasteiger partial charge in [0.1, 0.15) is 6.61 Å². The molecular formula is C19H21N3O2. The molecule has 1 heterocycles. The van der Waals surface area contributed by atoms with E-state index in [1.807, 2.05) is 36.4 Å². The average molecular weight is 323 g/mol. The van der Waals surface area contributed by atoms with E-state index in [0.717, 1.165) is 23.0 Å². The Morgan fingerprint density at radius 3 is 2.75 bits per heavy atom. The maximum atomic E-state index is 11.9. The second-order valence-electron chi connectivity index (χ2n) is 5.62. The molecule has 5 nitrogen and oxygen atoms in total. The van der Waals surface area contributed by atoms with Crippen molar-refractivity contribution in [2.24, 2.45) is 5.16 Å². The highest BCUT2D eigenvalue weighted by Crippen LogP contribution is 2.09. The molecule has 0 aliphatic rings.